The monoisotopic (exact) mass is 271 g/mol. The van der Waals surface area contributed by atoms with Crippen molar-refractivity contribution in [3.63, 3.8) is 0 Å². The lowest BCUT2D eigenvalue weighted by Gasteiger charge is -2.13. The molecule has 2 aromatic rings. The van der Waals surface area contributed by atoms with Crippen LogP contribution in [0.25, 0.3) is 0 Å². The van der Waals surface area contributed by atoms with Gasteiger partial charge in [-0.15, -0.1) is 0 Å². The van der Waals surface area contributed by atoms with Crippen molar-refractivity contribution in [1.82, 2.24) is 15.1 Å². The van der Waals surface area contributed by atoms with Gasteiger partial charge in [0, 0.05) is 25.2 Å². The summed E-state index contributed by atoms with van der Waals surface area (Å²) in [4.78, 5) is 12.0. The minimum absolute atomic E-state index is 0.00743. The average Bonchev–Trinajstić information content (AvgIpc) is 2.77. The van der Waals surface area contributed by atoms with Crippen LogP contribution in [0.1, 0.15) is 36.2 Å². The van der Waals surface area contributed by atoms with Crippen LogP contribution in [0, 0.1) is 6.92 Å². The zero-order chi connectivity index (χ0) is 14.5. The molecule has 2 rings (SSSR count). The number of rotatable bonds is 5. The molecule has 0 saturated carbocycles. The van der Waals surface area contributed by atoms with Crippen LogP contribution in [0.15, 0.2) is 36.5 Å². The second-order valence-corrected chi connectivity index (χ2v) is 5.12. The topological polar surface area (TPSA) is 46.9 Å². The highest BCUT2D eigenvalue weighted by molar-refractivity contribution is 5.76. The van der Waals surface area contributed by atoms with Crippen LogP contribution in [-0.4, -0.2) is 15.7 Å². The van der Waals surface area contributed by atoms with E-state index in [1.165, 1.54) is 5.56 Å². The van der Waals surface area contributed by atoms with E-state index in [1.807, 2.05) is 57.4 Å². The van der Waals surface area contributed by atoms with E-state index in [1.54, 1.807) is 4.68 Å². The highest BCUT2D eigenvalue weighted by Crippen LogP contribution is 2.15. The first kappa shape index (κ1) is 14.3. The van der Waals surface area contributed by atoms with Crippen LogP contribution in [0.5, 0.6) is 0 Å². The highest BCUT2D eigenvalue weighted by atomic mass is 16.1. The largest absolute Gasteiger partial charge is 0.349 e. The second-order valence-electron chi connectivity index (χ2n) is 5.12. The molecule has 4 nitrogen and oxygen atoms in total. The molecular weight excluding hydrogens is 250 g/mol. The van der Waals surface area contributed by atoms with E-state index in [2.05, 4.69) is 10.4 Å². The van der Waals surface area contributed by atoms with E-state index < -0.39 is 0 Å². The quantitative estimate of drug-likeness (QED) is 0.908. The van der Waals surface area contributed by atoms with Gasteiger partial charge < -0.3 is 5.32 Å². The minimum Gasteiger partial charge on any atom is -0.349 e. The summed E-state index contributed by atoms with van der Waals surface area (Å²) in [6, 6.07) is 10.1. The molecule has 0 fully saturated rings. The van der Waals surface area contributed by atoms with Gasteiger partial charge in [-0.05, 0) is 25.8 Å². The summed E-state index contributed by atoms with van der Waals surface area (Å²) in [6.07, 6.45) is 3.23. The van der Waals surface area contributed by atoms with Gasteiger partial charge in [-0.2, -0.15) is 5.10 Å². The zero-order valence-corrected chi connectivity index (χ0v) is 12.3. The summed E-state index contributed by atoms with van der Waals surface area (Å²) < 4.78 is 1.78. The molecule has 0 aliphatic heterocycles. The molecular formula is C16H21N3O. The molecule has 0 spiro atoms. The van der Waals surface area contributed by atoms with Crippen molar-refractivity contribution < 1.29 is 4.79 Å². The number of carbonyl (C=O) groups excluding carboxylic acids is 1. The first-order valence-corrected chi connectivity index (χ1v) is 6.89. The smallest absolute Gasteiger partial charge is 0.220 e. The van der Waals surface area contributed by atoms with E-state index in [4.69, 9.17) is 0 Å². The Morgan fingerprint density at radius 2 is 2.05 bits per heavy atom. The molecule has 0 saturated heterocycles. The normalized spacial score (nSPS) is 12.2. The van der Waals surface area contributed by atoms with Gasteiger partial charge in [0.05, 0.1) is 11.7 Å². The van der Waals surface area contributed by atoms with Crippen molar-refractivity contribution in [2.45, 2.75) is 32.7 Å². The summed E-state index contributed by atoms with van der Waals surface area (Å²) in [6.45, 7) is 3.95. The molecule has 1 aromatic carbocycles. The van der Waals surface area contributed by atoms with Gasteiger partial charge in [0.15, 0.2) is 0 Å². The van der Waals surface area contributed by atoms with Crippen LogP contribution in [0.2, 0.25) is 0 Å². The Morgan fingerprint density at radius 3 is 2.65 bits per heavy atom. The zero-order valence-electron chi connectivity index (χ0n) is 12.3. The van der Waals surface area contributed by atoms with Crippen molar-refractivity contribution in [2.24, 2.45) is 7.05 Å². The van der Waals surface area contributed by atoms with Crippen molar-refractivity contribution in [3.8, 4) is 0 Å². The van der Waals surface area contributed by atoms with Gasteiger partial charge in [-0.25, -0.2) is 0 Å². The molecule has 0 bridgehead atoms. The molecule has 1 heterocycles. The van der Waals surface area contributed by atoms with E-state index >= 15 is 0 Å². The Hall–Kier alpha value is -2.10. The lowest BCUT2D eigenvalue weighted by molar-refractivity contribution is -0.121. The van der Waals surface area contributed by atoms with Gasteiger partial charge in [-0.3, -0.25) is 9.48 Å². The first-order valence-electron chi connectivity index (χ1n) is 6.89. The Bertz CT molecular complexity index is 575. The lowest BCUT2D eigenvalue weighted by atomic mass is 10.1. The fourth-order valence-corrected chi connectivity index (χ4v) is 2.34. The van der Waals surface area contributed by atoms with E-state index in [0.717, 1.165) is 17.7 Å². The molecule has 0 radical (unpaired) electrons. The van der Waals surface area contributed by atoms with Crippen LogP contribution in [-0.2, 0) is 18.3 Å². The molecule has 20 heavy (non-hydrogen) atoms. The summed E-state index contributed by atoms with van der Waals surface area (Å²) in [5, 5.41) is 7.33. The third-order valence-electron chi connectivity index (χ3n) is 3.38. The predicted octanol–water partition coefficient (Wildman–Crippen LogP) is 2.54. The average molecular weight is 271 g/mol. The van der Waals surface area contributed by atoms with Gasteiger partial charge in [0.1, 0.15) is 0 Å². The molecule has 1 unspecified atom stereocenters. The maximum Gasteiger partial charge on any atom is 0.220 e. The Labute approximate surface area is 119 Å². The maximum atomic E-state index is 12.0. The first-order chi connectivity index (χ1) is 9.56. The van der Waals surface area contributed by atoms with Crippen molar-refractivity contribution in [2.75, 3.05) is 0 Å². The summed E-state index contributed by atoms with van der Waals surface area (Å²) in [5.41, 5.74) is 3.22. The van der Waals surface area contributed by atoms with Gasteiger partial charge in [0.25, 0.3) is 0 Å². The van der Waals surface area contributed by atoms with Crippen LogP contribution >= 0.6 is 0 Å². The molecule has 1 atom stereocenters. The van der Waals surface area contributed by atoms with Crippen LogP contribution in [0.3, 0.4) is 0 Å². The molecule has 106 valence electrons. The summed E-state index contributed by atoms with van der Waals surface area (Å²) >= 11 is 0. The Balaban J connectivity index is 1.87. The summed E-state index contributed by atoms with van der Waals surface area (Å²) in [7, 11) is 1.89. The summed E-state index contributed by atoms with van der Waals surface area (Å²) in [5.74, 6) is 0.0737. The number of benzene rings is 1. The number of hydrogen-bond donors (Lipinski definition) is 1. The number of aryl methyl sites for hydroxylation is 3. The number of nitrogens with one attached hydrogen (secondary N) is 1. The number of carbonyl (C=O) groups is 1. The minimum atomic E-state index is -0.00743. The van der Waals surface area contributed by atoms with Gasteiger partial charge in [-0.1, -0.05) is 30.3 Å². The number of hydrogen-bond acceptors (Lipinski definition) is 2. The van der Waals surface area contributed by atoms with Crippen molar-refractivity contribution >= 4 is 5.91 Å². The molecule has 1 amide bonds. The van der Waals surface area contributed by atoms with Gasteiger partial charge >= 0.3 is 0 Å². The van der Waals surface area contributed by atoms with Crippen molar-refractivity contribution in [3.05, 3.63) is 53.3 Å². The lowest BCUT2D eigenvalue weighted by Crippen LogP contribution is -2.27. The van der Waals surface area contributed by atoms with E-state index in [0.29, 0.717) is 6.42 Å². The van der Waals surface area contributed by atoms with E-state index in [-0.39, 0.29) is 11.9 Å². The van der Waals surface area contributed by atoms with Gasteiger partial charge in [0.2, 0.25) is 5.91 Å². The van der Waals surface area contributed by atoms with Crippen LogP contribution < -0.4 is 5.32 Å². The predicted molar refractivity (Wildman–Crippen MR) is 79.3 cm³/mol. The maximum absolute atomic E-state index is 12.0. The standard InChI is InChI=1S/C16H21N3O/c1-12(15-11-19(3)18-13(15)2)17-16(20)10-9-14-7-5-4-6-8-14/h4-8,11-12H,9-10H2,1-3H3,(H,17,20). The fraction of sp³-hybridized carbons (Fsp3) is 0.375. The van der Waals surface area contributed by atoms with Crippen LogP contribution in [0.4, 0.5) is 0 Å². The molecule has 1 N–H and O–H groups in total. The highest BCUT2D eigenvalue weighted by Gasteiger charge is 2.14. The number of amides is 1. The number of nitrogens with zero attached hydrogens (tertiary/aromatic N) is 2. The molecule has 0 aliphatic carbocycles. The molecule has 4 heteroatoms. The fourth-order valence-electron chi connectivity index (χ4n) is 2.34. The molecule has 1 aromatic heterocycles. The SMILES string of the molecule is Cc1nn(C)cc1C(C)NC(=O)CCc1ccccc1. The van der Waals surface area contributed by atoms with E-state index in [9.17, 15) is 4.79 Å². The molecule has 0 aliphatic rings. The number of aromatic nitrogens is 2. The second kappa shape index (κ2) is 6.37. The third kappa shape index (κ3) is 3.70. The van der Waals surface area contributed by atoms with Crippen molar-refractivity contribution in [1.29, 1.82) is 0 Å². The third-order valence-corrected chi connectivity index (χ3v) is 3.38. The Morgan fingerprint density at radius 1 is 1.35 bits per heavy atom. The Kier molecular flexibility index (Phi) is 4.56.